The van der Waals surface area contributed by atoms with Crippen LogP contribution < -0.4 is 10.1 Å². The molecule has 0 radical (unpaired) electrons. The number of aryl methyl sites for hydroxylation is 2. The normalized spacial score (nSPS) is 21.7. The molecule has 1 unspecified atom stereocenters. The maximum atomic E-state index is 12.5. The van der Waals surface area contributed by atoms with Crippen LogP contribution >= 0.6 is 0 Å². The zero-order valence-corrected chi connectivity index (χ0v) is 14.4. The Morgan fingerprint density at radius 1 is 1.21 bits per heavy atom. The topological polar surface area (TPSA) is 75.6 Å². The zero-order chi connectivity index (χ0) is 17.3. The number of hydrogen-bond donors (Lipinski definition) is 2. The van der Waals surface area contributed by atoms with E-state index in [4.69, 9.17) is 4.74 Å². The number of carbonyl (C=O) groups excluding carboxylic acids is 1. The van der Waals surface area contributed by atoms with Crippen LogP contribution in [0.4, 0.5) is 0 Å². The van der Waals surface area contributed by atoms with E-state index >= 15 is 0 Å². The van der Waals surface area contributed by atoms with E-state index in [1.165, 1.54) is 5.56 Å². The van der Waals surface area contributed by atoms with Gasteiger partial charge in [-0.05, 0) is 49.4 Å². The van der Waals surface area contributed by atoms with Crippen molar-refractivity contribution in [3.8, 4) is 5.75 Å². The molecule has 1 heterocycles. The van der Waals surface area contributed by atoms with Gasteiger partial charge in [-0.15, -0.1) is 0 Å². The fraction of sp³-hybridized carbons (Fsp3) is 0.579. The van der Waals surface area contributed by atoms with E-state index in [1.807, 2.05) is 19.9 Å². The van der Waals surface area contributed by atoms with Gasteiger partial charge in [0.05, 0.1) is 5.41 Å². The van der Waals surface area contributed by atoms with E-state index in [9.17, 15) is 14.7 Å². The second kappa shape index (κ2) is 6.46. The van der Waals surface area contributed by atoms with E-state index in [2.05, 4.69) is 11.4 Å². The highest BCUT2D eigenvalue weighted by Gasteiger charge is 2.40. The molecule has 1 aromatic rings. The molecule has 1 saturated carbocycles. The number of carboxylic acids is 1. The SMILES string of the molecule is Cc1cc2c(cc1C)OC(C(=O)NCC1(C(=O)O)CCCCC1)C2. The van der Waals surface area contributed by atoms with Gasteiger partial charge in [0.15, 0.2) is 6.10 Å². The number of nitrogens with one attached hydrogen (secondary N) is 1. The molecule has 0 aromatic heterocycles. The molecular weight excluding hydrogens is 306 g/mol. The molecule has 0 saturated heterocycles. The standard InChI is InChI=1S/C19H25NO4/c1-12-8-14-10-16(24-15(14)9-13(12)2)17(21)20-11-19(18(22)23)6-4-3-5-7-19/h8-9,16H,3-7,10-11H2,1-2H3,(H,20,21)(H,22,23). The van der Waals surface area contributed by atoms with E-state index in [-0.39, 0.29) is 12.5 Å². The molecule has 1 fully saturated rings. The predicted octanol–water partition coefficient (Wildman–Crippen LogP) is 2.76. The van der Waals surface area contributed by atoms with Crippen LogP contribution in [0.25, 0.3) is 0 Å². The van der Waals surface area contributed by atoms with Gasteiger partial charge in [-0.3, -0.25) is 9.59 Å². The van der Waals surface area contributed by atoms with Crippen LogP contribution in [-0.2, 0) is 16.0 Å². The highest BCUT2D eigenvalue weighted by atomic mass is 16.5. The first-order chi connectivity index (χ1) is 11.4. The number of rotatable bonds is 4. The average molecular weight is 331 g/mol. The van der Waals surface area contributed by atoms with Crippen LogP contribution in [-0.4, -0.2) is 29.6 Å². The minimum atomic E-state index is -0.813. The second-order valence-corrected chi connectivity index (χ2v) is 7.22. The van der Waals surface area contributed by atoms with Gasteiger partial charge in [-0.25, -0.2) is 0 Å². The van der Waals surface area contributed by atoms with Crippen LogP contribution in [0.15, 0.2) is 12.1 Å². The van der Waals surface area contributed by atoms with Crippen molar-refractivity contribution in [2.45, 2.75) is 58.5 Å². The first kappa shape index (κ1) is 16.8. The van der Waals surface area contributed by atoms with Crippen LogP contribution in [0.3, 0.4) is 0 Å². The summed E-state index contributed by atoms with van der Waals surface area (Å²) in [5.74, 6) is -0.249. The number of aliphatic carboxylic acids is 1. The average Bonchev–Trinajstić information content (AvgIpc) is 2.96. The summed E-state index contributed by atoms with van der Waals surface area (Å²) < 4.78 is 5.78. The lowest BCUT2D eigenvalue weighted by molar-refractivity contribution is -0.151. The number of benzene rings is 1. The molecule has 0 spiro atoms. The summed E-state index contributed by atoms with van der Waals surface area (Å²) in [4.78, 5) is 24.1. The Bertz CT molecular complexity index is 631. The Morgan fingerprint density at radius 3 is 2.54 bits per heavy atom. The summed E-state index contributed by atoms with van der Waals surface area (Å²) in [6, 6.07) is 4.04. The lowest BCUT2D eigenvalue weighted by atomic mass is 9.74. The highest BCUT2D eigenvalue weighted by Crippen LogP contribution is 2.36. The number of hydrogen-bond acceptors (Lipinski definition) is 3. The second-order valence-electron chi connectivity index (χ2n) is 7.22. The largest absolute Gasteiger partial charge is 0.481 e. The molecule has 3 rings (SSSR count). The predicted molar refractivity (Wildman–Crippen MR) is 90.2 cm³/mol. The fourth-order valence-electron chi connectivity index (χ4n) is 3.72. The third-order valence-electron chi connectivity index (χ3n) is 5.51. The van der Waals surface area contributed by atoms with Crippen molar-refractivity contribution in [1.29, 1.82) is 0 Å². The first-order valence-corrected chi connectivity index (χ1v) is 8.69. The van der Waals surface area contributed by atoms with Gasteiger partial charge in [0.2, 0.25) is 0 Å². The maximum absolute atomic E-state index is 12.5. The van der Waals surface area contributed by atoms with Crippen molar-refractivity contribution in [3.05, 3.63) is 28.8 Å². The van der Waals surface area contributed by atoms with Crippen molar-refractivity contribution in [2.75, 3.05) is 6.54 Å². The molecule has 2 aliphatic rings. The third kappa shape index (κ3) is 3.12. The number of amides is 1. The van der Waals surface area contributed by atoms with E-state index in [0.717, 1.165) is 36.1 Å². The quantitative estimate of drug-likeness (QED) is 0.889. The summed E-state index contributed by atoms with van der Waals surface area (Å²) in [5, 5.41) is 12.4. The number of ether oxygens (including phenoxy) is 1. The van der Waals surface area contributed by atoms with Gasteiger partial charge in [0, 0.05) is 13.0 Å². The third-order valence-corrected chi connectivity index (χ3v) is 5.51. The van der Waals surface area contributed by atoms with Crippen LogP contribution in [0.5, 0.6) is 5.75 Å². The molecule has 130 valence electrons. The number of fused-ring (bicyclic) bond motifs is 1. The summed E-state index contributed by atoms with van der Waals surface area (Å²) in [5.41, 5.74) is 2.56. The highest BCUT2D eigenvalue weighted by molar-refractivity contribution is 5.83. The molecule has 1 aliphatic heterocycles. The minimum absolute atomic E-state index is 0.190. The molecule has 5 heteroatoms. The van der Waals surface area contributed by atoms with E-state index in [0.29, 0.717) is 19.3 Å². The van der Waals surface area contributed by atoms with Crippen molar-refractivity contribution in [2.24, 2.45) is 5.41 Å². The van der Waals surface area contributed by atoms with Crippen molar-refractivity contribution >= 4 is 11.9 Å². The summed E-state index contributed by atoms with van der Waals surface area (Å²) in [7, 11) is 0. The smallest absolute Gasteiger partial charge is 0.311 e. The van der Waals surface area contributed by atoms with Crippen LogP contribution in [0, 0.1) is 19.3 Å². The molecular formula is C19H25NO4. The first-order valence-electron chi connectivity index (χ1n) is 8.69. The van der Waals surface area contributed by atoms with Gasteiger partial charge in [0.25, 0.3) is 5.91 Å². The van der Waals surface area contributed by atoms with Gasteiger partial charge in [-0.2, -0.15) is 0 Å². The minimum Gasteiger partial charge on any atom is -0.481 e. The van der Waals surface area contributed by atoms with Gasteiger partial charge >= 0.3 is 5.97 Å². The zero-order valence-electron chi connectivity index (χ0n) is 14.4. The molecule has 0 bridgehead atoms. The van der Waals surface area contributed by atoms with Crippen molar-refractivity contribution in [3.63, 3.8) is 0 Å². The van der Waals surface area contributed by atoms with Gasteiger partial charge in [-0.1, -0.05) is 25.3 Å². The summed E-state index contributed by atoms with van der Waals surface area (Å²) in [6.45, 7) is 4.25. The van der Waals surface area contributed by atoms with E-state index < -0.39 is 17.5 Å². The lowest BCUT2D eigenvalue weighted by Gasteiger charge is -2.33. The van der Waals surface area contributed by atoms with Crippen LogP contribution in [0.2, 0.25) is 0 Å². The fourth-order valence-corrected chi connectivity index (χ4v) is 3.72. The monoisotopic (exact) mass is 331 g/mol. The number of carbonyl (C=O) groups is 2. The molecule has 1 amide bonds. The Hall–Kier alpha value is -2.04. The number of carboxylic acid groups (broad SMARTS) is 1. The Balaban J connectivity index is 1.63. The van der Waals surface area contributed by atoms with Gasteiger partial charge < -0.3 is 15.2 Å². The Labute approximate surface area is 142 Å². The molecule has 1 aromatic carbocycles. The molecule has 5 nitrogen and oxygen atoms in total. The molecule has 2 N–H and O–H groups in total. The Morgan fingerprint density at radius 2 is 1.88 bits per heavy atom. The lowest BCUT2D eigenvalue weighted by Crippen LogP contribution is -2.47. The van der Waals surface area contributed by atoms with Gasteiger partial charge in [0.1, 0.15) is 5.75 Å². The van der Waals surface area contributed by atoms with Crippen molar-refractivity contribution < 1.29 is 19.4 Å². The van der Waals surface area contributed by atoms with Crippen molar-refractivity contribution in [1.82, 2.24) is 5.32 Å². The Kier molecular flexibility index (Phi) is 4.52. The van der Waals surface area contributed by atoms with E-state index in [1.54, 1.807) is 0 Å². The van der Waals surface area contributed by atoms with Crippen LogP contribution in [0.1, 0.15) is 48.8 Å². The molecule has 1 atom stereocenters. The summed E-state index contributed by atoms with van der Waals surface area (Å²) >= 11 is 0. The molecule has 1 aliphatic carbocycles. The summed E-state index contributed by atoms with van der Waals surface area (Å²) in [6.07, 6.45) is 4.14. The molecule has 24 heavy (non-hydrogen) atoms. The maximum Gasteiger partial charge on any atom is 0.311 e.